The number of aliphatic imine (C=N–C) groups is 1. The van der Waals surface area contributed by atoms with Crippen molar-refractivity contribution >= 4 is 35.3 Å². The van der Waals surface area contributed by atoms with E-state index < -0.39 is 17.6 Å². The molecule has 2 amide bonds. The molecule has 3 rings (SSSR count). The fraction of sp³-hybridized carbons (Fsp3) is 0.286. The van der Waals surface area contributed by atoms with Crippen LogP contribution in [0.5, 0.6) is 0 Å². The topological polar surface area (TPSA) is 79.8 Å². The van der Waals surface area contributed by atoms with E-state index in [-0.39, 0.29) is 5.91 Å². The Labute approximate surface area is 158 Å². The molecular weight excluding hydrogens is 342 g/mol. The summed E-state index contributed by atoms with van der Waals surface area (Å²) in [6, 6.07) is 12.8. The summed E-state index contributed by atoms with van der Waals surface area (Å²) in [5.74, 6) is -0.480. The zero-order chi connectivity index (χ0) is 19.6. The molecule has 0 saturated heterocycles. The second-order valence-electron chi connectivity index (χ2n) is 7.46. The Kier molecular flexibility index (Phi) is 4.99. The van der Waals surface area contributed by atoms with Crippen molar-refractivity contribution in [2.75, 3.05) is 10.6 Å². The zero-order valence-electron chi connectivity index (χ0n) is 15.9. The number of aryl methyl sites for hydroxylation is 1. The third-order valence-corrected chi connectivity index (χ3v) is 4.06. The van der Waals surface area contributed by atoms with E-state index in [1.807, 2.05) is 45.9 Å². The molecular formula is C21H23N3O3. The van der Waals surface area contributed by atoms with Gasteiger partial charge in [-0.3, -0.25) is 15.1 Å². The molecule has 27 heavy (non-hydrogen) atoms. The van der Waals surface area contributed by atoms with Crippen molar-refractivity contribution in [3.63, 3.8) is 0 Å². The summed E-state index contributed by atoms with van der Waals surface area (Å²) in [5, 5.41) is 5.56. The number of hydrogen-bond donors (Lipinski definition) is 2. The minimum atomic E-state index is -0.551. The fourth-order valence-corrected chi connectivity index (χ4v) is 2.90. The Hall–Kier alpha value is -3.15. The summed E-state index contributed by atoms with van der Waals surface area (Å²) < 4.78 is 5.22. The average Bonchev–Trinajstić information content (AvgIpc) is 2.89. The molecule has 0 spiro atoms. The molecule has 2 N–H and O–H groups in total. The van der Waals surface area contributed by atoms with E-state index in [1.165, 1.54) is 0 Å². The van der Waals surface area contributed by atoms with Gasteiger partial charge < -0.3 is 10.1 Å². The average molecular weight is 365 g/mol. The highest BCUT2D eigenvalue weighted by Crippen LogP contribution is 2.34. The second kappa shape index (κ2) is 7.23. The van der Waals surface area contributed by atoms with Gasteiger partial charge in [-0.1, -0.05) is 12.1 Å². The van der Waals surface area contributed by atoms with Crippen LogP contribution in [0.3, 0.4) is 0 Å². The maximum atomic E-state index is 12.2. The van der Waals surface area contributed by atoms with Crippen LogP contribution in [-0.2, 0) is 9.53 Å². The summed E-state index contributed by atoms with van der Waals surface area (Å²) in [7, 11) is 0. The van der Waals surface area contributed by atoms with E-state index in [1.54, 1.807) is 30.5 Å². The zero-order valence-corrected chi connectivity index (χ0v) is 15.9. The highest BCUT2D eigenvalue weighted by molar-refractivity contribution is 6.13. The molecule has 6 heteroatoms. The number of anilines is 2. The molecule has 0 fully saturated rings. The van der Waals surface area contributed by atoms with Crippen molar-refractivity contribution in [2.24, 2.45) is 4.99 Å². The van der Waals surface area contributed by atoms with Crippen LogP contribution in [0.4, 0.5) is 21.9 Å². The SMILES string of the molecule is Cc1cccc2c1C(C=Nc1ccc(NC(=O)OC(C)(C)C)cc1)C(=O)N2. The van der Waals surface area contributed by atoms with Gasteiger partial charge in [0.05, 0.1) is 5.69 Å². The van der Waals surface area contributed by atoms with Gasteiger partial charge in [-0.05, 0) is 69.2 Å². The van der Waals surface area contributed by atoms with Crippen molar-refractivity contribution in [1.82, 2.24) is 0 Å². The molecule has 0 saturated carbocycles. The monoisotopic (exact) mass is 365 g/mol. The first-order valence-corrected chi connectivity index (χ1v) is 8.77. The number of carbonyl (C=O) groups excluding carboxylic acids is 2. The lowest BCUT2D eigenvalue weighted by molar-refractivity contribution is -0.115. The molecule has 2 aromatic rings. The van der Waals surface area contributed by atoms with Gasteiger partial charge in [0.1, 0.15) is 11.5 Å². The molecule has 2 aromatic carbocycles. The molecule has 6 nitrogen and oxygen atoms in total. The van der Waals surface area contributed by atoms with E-state index in [9.17, 15) is 9.59 Å². The van der Waals surface area contributed by atoms with Crippen LogP contribution in [0, 0.1) is 6.92 Å². The normalized spacial score (nSPS) is 16.1. The largest absolute Gasteiger partial charge is 0.444 e. The van der Waals surface area contributed by atoms with Crippen LogP contribution in [0.1, 0.15) is 37.8 Å². The van der Waals surface area contributed by atoms with Gasteiger partial charge >= 0.3 is 6.09 Å². The minimum Gasteiger partial charge on any atom is -0.444 e. The number of ether oxygens (including phenoxy) is 1. The lowest BCUT2D eigenvalue weighted by Crippen LogP contribution is -2.27. The van der Waals surface area contributed by atoms with Crippen LogP contribution in [0.15, 0.2) is 47.5 Å². The molecule has 140 valence electrons. The van der Waals surface area contributed by atoms with E-state index in [4.69, 9.17) is 4.74 Å². The number of benzene rings is 2. The maximum absolute atomic E-state index is 12.2. The third kappa shape index (κ3) is 4.53. The molecule has 0 aromatic heterocycles. The number of fused-ring (bicyclic) bond motifs is 1. The van der Waals surface area contributed by atoms with Crippen molar-refractivity contribution in [1.29, 1.82) is 0 Å². The third-order valence-electron chi connectivity index (χ3n) is 4.06. The van der Waals surface area contributed by atoms with Gasteiger partial charge in [-0.15, -0.1) is 0 Å². The number of nitrogens with one attached hydrogen (secondary N) is 2. The Morgan fingerprint density at radius 2 is 1.89 bits per heavy atom. The van der Waals surface area contributed by atoms with Crippen molar-refractivity contribution in [2.45, 2.75) is 39.2 Å². The molecule has 0 radical (unpaired) electrons. The van der Waals surface area contributed by atoms with Crippen LogP contribution in [-0.4, -0.2) is 23.8 Å². The summed E-state index contributed by atoms with van der Waals surface area (Å²) in [6.07, 6.45) is 1.15. The summed E-state index contributed by atoms with van der Waals surface area (Å²) in [6.45, 7) is 7.41. The number of amides is 2. The lowest BCUT2D eigenvalue weighted by atomic mass is 9.97. The van der Waals surface area contributed by atoms with E-state index in [0.717, 1.165) is 16.8 Å². The van der Waals surface area contributed by atoms with Crippen molar-refractivity contribution in [3.8, 4) is 0 Å². The van der Waals surface area contributed by atoms with E-state index >= 15 is 0 Å². The molecule has 0 aliphatic carbocycles. The molecule has 1 aliphatic heterocycles. The van der Waals surface area contributed by atoms with Crippen LogP contribution >= 0.6 is 0 Å². The van der Waals surface area contributed by atoms with Crippen molar-refractivity contribution < 1.29 is 14.3 Å². The summed E-state index contributed by atoms with van der Waals surface area (Å²) in [5.41, 5.74) is 3.62. The van der Waals surface area contributed by atoms with Crippen LogP contribution < -0.4 is 10.6 Å². The highest BCUT2D eigenvalue weighted by atomic mass is 16.6. The van der Waals surface area contributed by atoms with Gasteiger partial charge in [0.25, 0.3) is 0 Å². The Morgan fingerprint density at radius 3 is 2.56 bits per heavy atom. The molecule has 1 heterocycles. The first-order valence-electron chi connectivity index (χ1n) is 8.77. The van der Waals surface area contributed by atoms with E-state index in [2.05, 4.69) is 15.6 Å². The standard InChI is InChI=1S/C21H23N3O3/c1-13-6-5-7-17-18(13)16(19(25)24-17)12-22-14-8-10-15(11-9-14)23-20(26)27-21(2,3)4/h5-12,16H,1-4H3,(H,23,26)(H,24,25). The van der Waals surface area contributed by atoms with Crippen LogP contribution in [0.25, 0.3) is 0 Å². The number of carbonyl (C=O) groups is 2. The second-order valence-corrected chi connectivity index (χ2v) is 7.46. The van der Waals surface area contributed by atoms with Crippen LogP contribution in [0.2, 0.25) is 0 Å². The number of rotatable bonds is 3. The lowest BCUT2D eigenvalue weighted by Gasteiger charge is -2.19. The van der Waals surface area contributed by atoms with Crippen molar-refractivity contribution in [3.05, 3.63) is 53.6 Å². The Balaban J connectivity index is 1.69. The Bertz CT molecular complexity index is 896. The summed E-state index contributed by atoms with van der Waals surface area (Å²) in [4.78, 5) is 28.4. The fourth-order valence-electron chi connectivity index (χ4n) is 2.90. The smallest absolute Gasteiger partial charge is 0.412 e. The van der Waals surface area contributed by atoms with Gasteiger partial charge in [0.15, 0.2) is 0 Å². The molecule has 1 aliphatic rings. The first-order chi connectivity index (χ1) is 12.7. The first kappa shape index (κ1) is 18.6. The number of nitrogens with zero attached hydrogens (tertiary/aromatic N) is 1. The molecule has 0 bridgehead atoms. The predicted octanol–water partition coefficient (Wildman–Crippen LogP) is 4.78. The van der Waals surface area contributed by atoms with Gasteiger partial charge in [-0.2, -0.15) is 0 Å². The quantitative estimate of drug-likeness (QED) is 0.768. The number of hydrogen-bond acceptors (Lipinski definition) is 4. The predicted molar refractivity (Wildman–Crippen MR) is 107 cm³/mol. The van der Waals surface area contributed by atoms with E-state index in [0.29, 0.717) is 11.4 Å². The molecule has 1 unspecified atom stereocenters. The van der Waals surface area contributed by atoms with Gasteiger partial charge in [0, 0.05) is 17.6 Å². The molecule has 1 atom stereocenters. The maximum Gasteiger partial charge on any atom is 0.412 e. The minimum absolute atomic E-state index is 0.0775. The van der Waals surface area contributed by atoms with Gasteiger partial charge in [-0.25, -0.2) is 4.79 Å². The summed E-state index contributed by atoms with van der Waals surface area (Å²) >= 11 is 0. The Morgan fingerprint density at radius 1 is 1.19 bits per heavy atom. The highest BCUT2D eigenvalue weighted by Gasteiger charge is 2.30. The van der Waals surface area contributed by atoms with Gasteiger partial charge in [0.2, 0.25) is 5.91 Å².